The minimum absolute atomic E-state index is 0. The Bertz CT molecular complexity index is 36.5. The molecule has 0 bridgehead atoms. The van der Waals surface area contributed by atoms with E-state index in [0.717, 1.165) is 0 Å². The number of nitrogens with two attached hydrogens (primary N) is 1. The predicted octanol–water partition coefficient (Wildman–Crippen LogP) is -0.491. The number of hydrogen-bond acceptors (Lipinski definition) is 1. The molecule has 0 aromatic rings. The normalized spacial score (nSPS) is 4.17. The van der Waals surface area contributed by atoms with Crippen molar-refractivity contribution in [1.82, 2.24) is 0 Å². The van der Waals surface area contributed by atoms with E-state index in [4.69, 9.17) is 5.73 Å². The average Bonchev–Trinajstić information content (AvgIpc) is 0.811. The van der Waals surface area contributed by atoms with E-state index in [-0.39, 0.29) is 53.4 Å². The number of rotatable bonds is 0. The van der Waals surface area contributed by atoms with Crippen molar-refractivity contribution in [3.63, 3.8) is 0 Å². The van der Waals surface area contributed by atoms with Gasteiger partial charge in [-0.3, -0.25) is 0 Å². The first-order chi connectivity index (χ1) is 1.73. The van der Waals surface area contributed by atoms with Crippen LogP contribution in [0.5, 0.6) is 0 Å². The summed E-state index contributed by atoms with van der Waals surface area (Å²) < 4.78 is 0.194. The van der Waals surface area contributed by atoms with Gasteiger partial charge < -0.3 is 5.73 Å². The van der Waals surface area contributed by atoms with E-state index in [2.05, 4.69) is 24.8 Å². The minimum atomic E-state index is 0. The van der Waals surface area contributed by atoms with Crippen LogP contribution in [0.3, 0.4) is 0 Å². The SMILES string of the molecule is NC(=S)S.[NaH].[Zn]. The number of thiol groups is 1. The largest absolute Gasteiger partial charge is 0 e. The van der Waals surface area contributed by atoms with E-state index < -0.39 is 0 Å². The zero-order valence-electron chi connectivity index (χ0n) is 2.64. The molecule has 0 fully saturated rings. The first-order valence-corrected chi connectivity index (χ1v) is 1.57. The van der Waals surface area contributed by atoms with Crippen molar-refractivity contribution >= 4 is 58.7 Å². The van der Waals surface area contributed by atoms with Gasteiger partial charge in [-0.1, -0.05) is 12.2 Å². The summed E-state index contributed by atoms with van der Waals surface area (Å²) in [7, 11) is 0. The summed E-state index contributed by atoms with van der Waals surface area (Å²) in [5.41, 5.74) is 4.71. The maximum Gasteiger partial charge on any atom is 0 e. The van der Waals surface area contributed by atoms with E-state index in [1.165, 1.54) is 0 Å². The topological polar surface area (TPSA) is 26.0 Å². The average molecular weight is 183 g/mol. The van der Waals surface area contributed by atoms with E-state index in [1.807, 2.05) is 0 Å². The van der Waals surface area contributed by atoms with Crippen LogP contribution in [0.2, 0.25) is 0 Å². The van der Waals surface area contributed by atoms with Gasteiger partial charge in [0, 0.05) is 19.5 Å². The monoisotopic (exact) mass is 181 g/mol. The van der Waals surface area contributed by atoms with Crippen molar-refractivity contribution in [1.29, 1.82) is 0 Å². The molecule has 0 aromatic heterocycles. The summed E-state index contributed by atoms with van der Waals surface area (Å²) in [5.74, 6) is 0. The van der Waals surface area contributed by atoms with Crippen LogP contribution >= 0.6 is 24.8 Å². The van der Waals surface area contributed by atoms with Crippen molar-refractivity contribution in [2.24, 2.45) is 5.73 Å². The molecule has 0 amide bonds. The van der Waals surface area contributed by atoms with Crippen LogP contribution in [-0.4, -0.2) is 33.9 Å². The molecule has 0 spiro atoms. The predicted molar refractivity (Wildman–Crippen MR) is 32.9 cm³/mol. The first kappa shape index (κ1) is 15.7. The van der Waals surface area contributed by atoms with Crippen molar-refractivity contribution in [2.75, 3.05) is 0 Å². The van der Waals surface area contributed by atoms with Crippen LogP contribution in [0, 0.1) is 0 Å². The molecule has 0 heterocycles. The van der Waals surface area contributed by atoms with E-state index in [1.54, 1.807) is 0 Å². The van der Waals surface area contributed by atoms with Crippen LogP contribution in [0.4, 0.5) is 0 Å². The summed E-state index contributed by atoms with van der Waals surface area (Å²) in [5, 5.41) is 0. The van der Waals surface area contributed by atoms with Crippen LogP contribution in [0.1, 0.15) is 0 Å². The Morgan fingerprint density at radius 2 is 1.67 bits per heavy atom. The zero-order chi connectivity index (χ0) is 3.58. The van der Waals surface area contributed by atoms with Crippen molar-refractivity contribution in [3.8, 4) is 0 Å². The molecule has 0 aliphatic carbocycles. The smallest absolute Gasteiger partial charge is 0 e. The molecule has 2 N–H and O–H groups in total. The molecule has 28 valence electrons. The Morgan fingerprint density at radius 1 is 1.67 bits per heavy atom. The van der Waals surface area contributed by atoms with Gasteiger partial charge in [-0.15, -0.1) is 12.6 Å². The van der Waals surface area contributed by atoms with Gasteiger partial charge in [0.2, 0.25) is 0 Å². The maximum atomic E-state index is 4.71. The molecule has 0 aliphatic heterocycles. The minimum Gasteiger partial charge on any atom is 0 e. The Balaban J connectivity index is -0.0000000450. The van der Waals surface area contributed by atoms with E-state index in [9.17, 15) is 0 Å². The molecule has 0 saturated carbocycles. The molecule has 0 aromatic carbocycles. The fraction of sp³-hybridized carbons (Fsp3) is 0. The summed E-state index contributed by atoms with van der Waals surface area (Å²) >= 11 is 7.65. The molecular formula is CH4NNaS2Zn. The fourth-order valence-electron chi connectivity index (χ4n) is 0. The van der Waals surface area contributed by atoms with Gasteiger partial charge in [0.05, 0.1) is 0 Å². The summed E-state index contributed by atoms with van der Waals surface area (Å²) in [6, 6.07) is 0. The van der Waals surface area contributed by atoms with Gasteiger partial charge >= 0.3 is 29.6 Å². The van der Waals surface area contributed by atoms with Gasteiger partial charge in [0.15, 0.2) is 0 Å². The molecule has 1 nitrogen and oxygen atoms in total. The van der Waals surface area contributed by atoms with Crippen LogP contribution in [-0.2, 0) is 19.5 Å². The van der Waals surface area contributed by atoms with Gasteiger partial charge in [0.1, 0.15) is 4.32 Å². The van der Waals surface area contributed by atoms with Gasteiger partial charge in [-0.05, 0) is 0 Å². The zero-order valence-corrected chi connectivity index (χ0v) is 7.32. The third kappa shape index (κ3) is 39.9. The third-order valence-corrected chi connectivity index (χ3v) is 0. The maximum absolute atomic E-state index is 4.71. The molecule has 0 aliphatic rings. The molecule has 6 heavy (non-hydrogen) atoms. The second-order valence-electron chi connectivity index (χ2n) is 0.338. The number of thiocarbonyl (C=S) groups is 1. The van der Waals surface area contributed by atoms with Crippen molar-refractivity contribution in [2.45, 2.75) is 0 Å². The summed E-state index contributed by atoms with van der Waals surface area (Å²) in [4.78, 5) is 0. The Labute approximate surface area is 82.9 Å². The summed E-state index contributed by atoms with van der Waals surface area (Å²) in [6.07, 6.45) is 0. The molecule has 0 saturated heterocycles. The molecule has 0 unspecified atom stereocenters. The molecule has 0 atom stereocenters. The van der Waals surface area contributed by atoms with Crippen molar-refractivity contribution < 1.29 is 19.5 Å². The molecular weight excluding hydrogens is 179 g/mol. The van der Waals surface area contributed by atoms with Crippen LogP contribution in [0.15, 0.2) is 0 Å². The second-order valence-corrected chi connectivity index (χ2v) is 1.56. The molecule has 5 heteroatoms. The fourth-order valence-corrected chi connectivity index (χ4v) is 0. The quantitative estimate of drug-likeness (QED) is 0.300. The van der Waals surface area contributed by atoms with E-state index in [0.29, 0.717) is 0 Å². The van der Waals surface area contributed by atoms with Crippen LogP contribution in [0.25, 0.3) is 0 Å². The molecule has 0 rings (SSSR count). The first-order valence-electron chi connectivity index (χ1n) is 0.716. The Kier molecular flexibility index (Phi) is 26.0. The summed E-state index contributed by atoms with van der Waals surface area (Å²) in [6.45, 7) is 0. The third-order valence-electron chi connectivity index (χ3n) is 0. The Hall–Kier alpha value is 1.86. The van der Waals surface area contributed by atoms with Crippen LogP contribution < -0.4 is 5.73 Å². The second kappa shape index (κ2) is 9.98. The molecule has 0 radical (unpaired) electrons. The van der Waals surface area contributed by atoms with Crippen molar-refractivity contribution in [3.05, 3.63) is 0 Å². The van der Waals surface area contributed by atoms with Gasteiger partial charge in [0.25, 0.3) is 0 Å². The standard InChI is InChI=1S/CH3NS2.Na.Zn.H/c2-1(3)4;;;/h(H3,2,3,4);;;. The van der Waals surface area contributed by atoms with Gasteiger partial charge in [-0.25, -0.2) is 0 Å². The Morgan fingerprint density at radius 3 is 1.67 bits per heavy atom. The number of hydrogen-bond donors (Lipinski definition) is 2. The van der Waals surface area contributed by atoms with E-state index >= 15 is 0 Å². The van der Waals surface area contributed by atoms with Gasteiger partial charge in [-0.2, -0.15) is 0 Å².